The van der Waals surface area contributed by atoms with Gasteiger partial charge in [0.05, 0.1) is 7.11 Å². The fourth-order valence-electron chi connectivity index (χ4n) is 3.26. The van der Waals surface area contributed by atoms with E-state index in [-0.39, 0.29) is 5.82 Å². The summed E-state index contributed by atoms with van der Waals surface area (Å²) in [5, 5.41) is 0. The van der Waals surface area contributed by atoms with Crippen LogP contribution in [0.25, 0.3) is 0 Å². The molecular formula is C21H28FN3O2. The highest BCUT2D eigenvalue weighted by molar-refractivity contribution is 5.42. The second kappa shape index (κ2) is 9.69. The van der Waals surface area contributed by atoms with E-state index in [0.717, 1.165) is 61.9 Å². The highest BCUT2D eigenvalue weighted by Gasteiger charge is 2.17. The van der Waals surface area contributed by atoms with Gasteiger partial charge >= 0.3 is 0 Å². The minimum atomic E-state index is -0.183. The molecule has 1 fully saturated rings. The van der Waals surface area contributed by atoms with Crippen LogP contribution in [0.1, 0.15) is 11.1 Å². The number of hydrogen-bond donors (Lipinski definition) is 1. The quantitative estimate of drug-likeness (QED) is 0.771. The summed E-state index contributed by atoms with van der Waals surface area (Å²) in [6.07, 6.45) is 0. The molecule has 2 N–H and O–H groups in total. The van der Waals surface area contributed by atoms with Crippen molar-refractivity contribution >= 4 is 0 Å². The zero-order chi connectivity index (χ0) is 19.1. The van der Waals surface area contributed by atoms with Crippen LogP contribution >= 0.6 is 0 Å². The first kappa shape index (κ1) is 19.6. The van der Waals surface area contributed by atoms with Crippen LogP contribution in [-0.2, 0) is 13.1 Å². The average molecular weight is 373 g/mol. The molecule has 1 saturated heterocycles. The smallest absolute Gasteiger partial charge is 0.161 e. The van der Waals surface area contributed by atoms with Crippen LogP contribution in [0.3, 0.4) is 0 Å². The van der Waals surface area contributed by atoms with Gasteiger partial charge in [-0.3, -0.25) is 9.80 Å². The number of methoxy groups -OCH3 is 1. The maximum absolute atomic E-state index is 13.0. The van der Waals surface area contributed by atoms with Gasteiger partial charge in [-0.2, -0.15) is 0 Å². The molecule has 0 unspecified atom stereocenters. The first-order chi connectivity index (χ1) is 13.2. The summed E-state index contributed by atoms with van der Waals surface area (Å²) in [4.78, 5) is 4.80. The van der Waals surface area contributed by atoms with Gasteiger partial charge in [0.15, 0.2) is 11.5 Å². The Balaban J connectivity index is 1.41. The van der Waals surface area contributed by atoms with Crippen molar-refractivity contribution in [3.63, 3.8) is 0 Å². The number of ether oxygens (including phenoxy) is 2. The molecule has 2 aromatic rings. The Hall–Kier alpha value is -2.15. The van der Waals surface area contributed by atoms with Gasteiger partial charge in [0, 0.05) is 45.8 Å². The van der Waals surface area contributed by atoms with Crippen molar-refractivity contribution in [2.45, 2.75) is 13.1 Å². The van der Waals surface area contributed by atoms with Crippen molar-refractivity contribution < 1.29 is 13.9 Å². The minimum Gasteiger partial charge on any atom is -0.493 e. The van der Waals surface area contributed by atoms with Crippen LogP contribution < -0.4 is 15.2 Å². The Bertz CT molecular complexity index is 716. The van der Waals surface area contributed by atoms with E-state index in [0.29, 0.717) is 13.2 Å². The van der Waals surface area contributed by atoms with Gasteiger partial charge in [-0.05, 0) is 35.4 Å². The number of rotatable bonds is 8. The monoisotopic (exact) mass is 373 g/mol. The van der Waals surface area contributed by atoms with Crippen molar-refractivity contribution in [2.75, 3.05) is 46.4 Å². The van der Waals surface area contributed by atoms with E-state index in [1.807, 2.05) is 30.3 Å². The molecule has 0 amide bonds. The van der Waals surface area contributed by atoms with E-state index >= 15 is 0 Å². The maximum atomic E-state index is 13.0. The highest BCUT2D eigenvalue weighted by Crippen LogP contribution is 2.27. The first-order valence-corrected chi connectivity index (χ1v) is 9.37. The molecule has 1 aliphatic heterocycles. The van der Waals surface area contributed by atoms with Gasteiger partial charge < -0.3 is 15.2 Å². The summed E-state index contributed by atoms with van der Waals surface area (Å²) in [5.74, 6) is 1.30. The van der Waals surface area contributed by atoms with Crippen LogP contribution in [0, 0.1) is 5.82 Å². The van der Waals surface area contributed by atoms with Gasteiger partial charge in [-0.15, -0.1) is 0 Å². The van der Waals surface area contributed by atoms with Crippen LogP contribution in [0.5, 0.6) is 11.5 Å². The standard InChI is InChI=1S/C21H28FN3O2/c1-26-20-7-4-18(15-23)14-21(20)27-13-12-24-8-10-25(11-9-24)16-17-2-5-19(22)6-3-17/h2-7,14H,8-13,15-16,23H2,1H3. The minimum absolute atomic E-state index is 0.183. The summed E-state index contributed by atoms with van der Waals surface area (Å²) in [7, 11) is 1.64. The van der Waals surface area contributed by atoms with Crippen molar-refractivity contribution in [1.82, 2.24) is 9.80 Å². The summed E-state index contributed by atoms with van der Waals surface area (Å²) >= 11 is 0. The predicted molar refractivity (Wildman–Crippen MR) is 104 cm³/mol. The molecule has 0 radical (unpaired) electrons. The van der Waals surface area contributed by atoms with Gasteiger partial charge in [0.25, 0.3) is 0 Å². The van der Waals surface area contributed by atoms with Crippen molar-refractivity contribution in [1.29, 1.82) is 0 Å². The molecule has 3 rings (SSSR count). The van der Waals surface area contributed by atoms with Crippen LogP contribution in [-0.4, -0.2) is 56.2 Å². The average Bonchev–Trinajstić information content (AvgIpc) is 2.71. The first-order valence-electron chi connectivity index (χ1n) is 9.37. The van der Waals surface area contributed by atoms with E-state index in [2.05, 4.69) is 9.80 Å². The van der Waals surface area contributed by atoms with Gasteiger partial charge in [0.2, 0.25) is 0 Å². The molecule has 0 bridgehead atoms. The van der Waals surface area contributed by atoms with Crippen LogP contribution in [0.15, 0.2) is 42.5 Å². The van der Waals surface area contributed by atoms with Crippen molar-refractivity contribution in [2.24, 2.45) is 5.73 Å². The molecule has 6 heteroatoms. The number of nitrogens with two attached hydrogens (primary N) is 1. The predicted octanol–water partition coefficient (Wildman–Crippen LogP) is 2.49. The van der Waals surface area contributed by atoms with Gasteiger partial charge in [-0.1, -0.05) is 18.2 Å². The van der Waals surface area contributed by atoms with Crippen molar-refractivity contribution in [3.05, 3.63) is 59.4 Å². The second-order valence-corrected chi connectivity index (χ2v) is 6.78. The van der Waals surface area contributed by atoms with Gasteiger partial charge in [-0.25, -0.2) is 4.39 Å². The Morgan fingerprint density at radius 1 is 0.926 bits per heavy atom. The lowest BCUT2D eigenvalue weighted by atomic mass is 10.2. The number of benzene rings is 2. The third kappa shape index (κ3) is 5.66. The molecule has 27 heavy (non-hydrogen) atoms. The van der Waals surface area contributed by atoms with E-state index in [1.165, 1.54) is 12.1 Å². The fraction of sp³-hybridized carbons (Fsp3) is 0.429. The molecule has 0 aliphatic carbocycles. The largest absolute Gasteiger partial charge is 0.493 e. The topological polar surface area (TPSA) is 51.0 Å². The highest BCUT2D eigenvalue weighted by atomic mass is 19.1. The number of piperazine rings is 1. The lowest BCUT2D eigenvalue weighted by molar-refractivity contribution is 0.112. The second-order valence-electron chi connectivity index (χ2n) is 6.78. The third-order valence-corrected chi connectivity index (χ3v) is 4.91. The molecule has 2 aromatic carbocycles. The van der Waals surface area contributed by atoms with Crippen LogP contribution in [0.4, 0.5) is 4.39 Å². The van der Waals surface area contributed by atoms with Crippen molar-refractivity contribution in [3.8, 4) is 11.5 Å². The maximum Gasteiger partial charge on any atom is 0.161 e. The molecule has 0 spiro atoms. The number of halogens is 1. The summed E-state index contributed by atoms with van der Waals surface area (Å²) in [6.45, 7) is 6.86. The molecule has 1 aliphatic rings. The molecule has 0 atom stereocenters. The Morgan fingerprint density at radius 2 is 1.59 bits per heavy atom. The van der Waals surface area contributed by atoms with E-state index in [9.17, 15) is 4.39 Å². The molecular weight excluding hydrogens is 345 g/mol. The molecule has 0 aromatic heterocycles. The molecule has 5 nitrogen and oxygen atoms in total. The molecule has 1 heterocycles. The zero-order valence-electron chi connectivity index (χ0n) is 15.9. The SMILES string of the molecule is COc1ccc(CN)cc1OCCN1CCN(Cc2ccc(F)cc2)CC1. The lowest BCUT2D eigenvalue weighted by Gasteiger charge is -2.34. The third-order valence-electron chi connectivity index (χ3n) is 4.91. The number of nitrogens with zero attached hydrogens (tertiary/aromatic N) is 2. The summed E-state index contributed by atoms with van der Waals surface area (Å²) in [6, 6.07) is 12.6. The fourth-order valence-corrected chi connectivity index (χ4v) is 3.26. The molecule has 0 saturated carbocycles. The van der Waals surface area contributed by atoms with E-state index < -0.39 is 0 Å². The molecule has 146 valence electrons. The number of hydrogen-bond acceptors (Lipinski definition) is 5. The Labute approximate surface area is 160 Å². The Morgan fingerprint density at radius 3 is 2.26 bits per heavy atom. The Kier molecular flexibility index (Phi) is 7.04. The summed E-state index contributed by atoms with van der Waals surface area (Å²) < 4.78 is 24.3. The summed E-state index contributed by atoms with van der Waals surface area (Å²) in [5.41, 5.74) is 7.88. The van der Waals surface area contributed by atoms with Gasteiger partial charge in [0.1, 0.15) is 12.4 Å². The van der Waals surface area contributed by atoms with E-state index in [4.69, 9.17) is 15.2 Å². The lowest BCUT2D eigenvalue weighted by Crippen LogP contribution is -2.47. The van der Waals surface area contributed by atoms with Crippen LogP contribution in [0.2, 0.25) is 0 Å². The zero-order valence-corrected chi connectivity index (χ0v) is 15.9. The van der Waals surface area contributed by atoms with E-state index in [1.54, 1.807) is 7.11 Å². The normalized spacial score (nSPS) is 15.7.